The number of nitrogens with one attached hydrogen (secondary N) is 1. The predicted molar refractivity (Wildman–Crippen MR) is 129 cm³/mol. The molecule has 2 heterocycles. The molecule has 1 aromatic heterocycles. The quantitative estimate of drug-likeness (QED) is 0.452. The Hall–Kier alpha value is -4.26. The maximum atomic E-state index is 13.6. The first-order chi connectivity index (χ1) is 16.7. The van der Waals surface area contributed by atoms with Gasteiger partial charge in [0.05, 0.1) is 38.1 Å². The van der Waals surface area contributed by atoms with Crippen LogP contribution in [0.15, 0.2) is 79.0 Å². The molecule has 4 aromatic rings. The first-order valence-electron chi connectivity index (χ1n) is 11.1. The summed E-state index contributed by atoms with van der Waals surface area (Å²) < 4.78 is 18.5. The van der Waals surface area contributed by atoms with Crippen LogP contribution in [0.4, 0.5) is 0 Å². The molecule has 0 saturated heterocycles. The number of ether oxygens (including phenoxy) is 3. The van der Waals surface area contributed by atoms with Crippen molar-refractivity contribution in [3.8, 4) is 34.2 Å². The Morgan fingerprint density at radius 1 is 1.03 bits per heavy atom. The number of aromatic nitrogens is 2. The van der Waals surface area contributed by atoms with E-state index in [0.29, 0.717) is 41.3 Å². The zero-order chi connectivity index (χ0) is 23.5. The summed E-state index contributed by atoms with van der Waals surface area (Å²) in [5.41, 5.74) is 3.45. The van der Waals surface area contributed by atoms with Crippen LogP contribution in [-0.2, 0) is 0 Å². The lowest BCUT2D eigenvalue weighted by molar-refractivity contribution is 0.0925. The molecule has 7 heteroatoms. The second-order valence-electron chi connectivity index (χ2n) is 7.94. The van der Waals surface area contributed by atoms with E-state index in [9.17, 15) is 4.79 Å². The number of nitrogens with zero attached hydrogens (tertiary/aromatic N) is 2. The molecule has 0 saturated carbocycles. The fourth-order valence-electron chi connectivity index (χ4n) is 4.18. The average molecular weight is 456 g/mol. The minimum Gasteiger partial charge on any atom is -0.497 e. The van der Waals surface area contributed by atoms with E-state index in [2.05, 4.69) is 5.32 Å². The smallest absolute Gasteiger partial charge is 0.255 e. The Balaban J connectivity index is 1.58. The van der Waals surface area contributed by atoms with Crippen LogP contribution in [0.3, 0.4) is 0 Å². The highest BCUT2D eigenvalue weighted by Gasteiger charge is 2.27. The van der Waals surface area contributed by atoms with Gasteiger partial charge in [-0.2, -0.15) is 5.10 Å². The van der Waals surface area contributed by atoms with Crippen molar-refractivity contribution in [3.63, 3.8) is 0 Å². The van der Waals surface area contributed by atoms with Gasteiger partial charge in [0, 0.05) is 23.7 Å². The normalized spacial score (nSPS) is 14.6. The number of methoxy groups -OCH3 is 2. The molecule has 7 nitrogen and oxygen atoms in total. The number of para-hydroxylation sites is 2. The molecule has 34 heavy (non-hydrogen) atoms. The molecular weight excluding hydrogens is 430 g/mol. The molecule has 1 aliphatic rings. The lowest BCUT2D eigenvalue weighted by atomic mass is 9.99. The monoisotopic (exact) mass is 455 g/mol. The number of amides is 1. The number of rotatable bonds is 6. The molecule has 0 radical (unpaired) electrons. The Bertz CT molecular complexity index is 1320. The Labute approximate surface area is 197 Å². The van der Waals surface area contributed by atoms with Crippen LogP contribution in [0.1, 0.15) is 28.4 Å². The van der Waals surface area contributed by atoms with E-state index in [-0.39, 0.29) is 11.9 Å². The SMILES string of the molecule is COc1ccc(OC)c(-c2nn(-c3ccccc3)cc2C(=O)N[C@@H]2CCOc3ccccc32)c1. The second kappa shape index (κ2) is 9.31. The van der Waals surface area contributed by atoms with Crippen LogP contribution in [0.5, 0.6) is 17.2 Å². The standard InChI is InChI=1S/C27H25N3O4/c1-32-19-12-13-24(33-2)21(16-19)26-22(17-30(29-26)18-8-4-3-5-9-18)27(31)28-23-14-15-34-25-11-7-6-10-20(23)25/h3-13,16-17,23H,14-15H2,1-2H3,(H,28,31)/t23-/m1/s1. The molecular formula is C27H25N3O4. The van der Waals surface area contributed by atoms with Gasteiger partial charge in [-0.1, -0.05) is 36.4 Å². The molecule has 1 N–H and O–H groups in total. The van der Waals surface area contributed by atoms with Crippen LogP contribution < -0.4 is 19.5 Å². The van der Waals surface area contributed by atoms with E-state index in [0.717, 1.165) is 17.0 Å². The fraction of sp³-hybridized carbons (Fsp3) is 0.185. The number of fused-ring (bicyclic) bond motifs is 1. The van der Waals surface area contributed by atoms with Crippen molar-refractivity contribution in [1.82, 2.24) is 15.1 Å². The Morgan fingerprint density at radius 3 is 2.62 bits per heavy atom. The van der Waals surface area contributed by atoms with Crippen LogP contribution in [-0.4, -0.2) is 36.5 Å². The predicted octanol–water partition coefficient (Wildman–Crippen LogP) is 4.81. The number of hydrogen-bond acceptors (Lipinski definition) is 5. The first-order valence-corrected chi connectivity index (χ1v) is 11.1. The maximum absolute atomic E-state index is 13.6. The highest BCUT2D eigenvalue weighted by Crippen LogP contribution is 2.36. The largest absolute Gasteiger partial charge is 0.497 e. The highest BCUT2D eigenvalue weighted by atomic mass is 16.5. The molecule has 1 atom stereocenters. The third-order valence-corrected chi connectivity index (χ3v) is 5.91. The van der Waals surface area contributed by atoms with Crippen LogP contribution in [0.2, 0.25) is 0 Å². The molecule has 1 aliphatic heterocycles. The maximum Gasteiger partial charge on any atom is 0.255 e. The molecule has 0 unspecified atom stereocenters. The van der Waals surface area contributed by atoms with Crippen molar-refractivity contribution < 1.29 is 19.0 Å². The van der Waals surface area contributed by atoms with Crippen molar-refractivity contribution in [3.05, 3.63) is 90.1 Å². The topological polar surface area (TPSA) is 74.6 Å². The van der Waals surface area contributed by atoms with Gasteiger partial charge in [-0.3, -0.25) is 4.79 Å². The van der Waals surface area contributed by atoms with Crippen molar-refractivity contribution >= 4 is 5.91 Å². The van der Waals surface area contributed by atoms with E-state index in [1.165, 1.54) is 0 Å². The van der Waals surface area contributed by atoms with Crippen molar-refractivity contribution in [1.29, 1.82) is 0 Å². The Kier molecular flexibility index (Phi) is 5.91. The summed E-state index contributed by atoms with van der Waals surface area (Å²) in [6.45, 7) is 0.543. The molecule has 1 amide bonds. The van der Waals surface area contributed by atoms with Gasteiger partial charge in [-0.25, -0.2) is 4.68 Å². The molecule has 0 aliphatic carbocycles. The zero-order valence-electron chi connectivity index (χ0n) is 19.0. The van der Waals surface area contributed by atoms with Crippen molar-refractivity contribution in [2.45, 2.75) is 12.5 Å². The summed E-state index contributed by atoms with van der Waals surface area (Å²) in [6.07, 6.45) is 2.44. The van der Waals surface area contributed by atoms with Crippen molar-refractivity contribution in [2.24, 2.45) is 0 Å². The van der Waals surface area contributed by atoms with Crippen LogP contribution in [0.25, 0.3) is 16.9 Å². The number of carbonyl (C=O) groups is 1. The minimum atomic E-state index is -0.219. The molecule has 5 rings (SSSR count). The third kappa shape index (κ3) is 4.08. The van der Waals surface area contributed by atoms with E-state index in [4.69, 9.17) is 19.3 Å². The average Bonchev–Trinajstić information content (AvgIpc) is 3.35. The zero-order valence-corrected chi connectivity index (χ0v) is 19.0. The number of benzene rings is 3. The van der Waals surface area contributed by atoms with Crippen molar-refractivity contribution in [2.75, 3.05) is 20.8 Å². The molecule has 0 spiro atoms. The lowest BCUT2D eigenvalue weighted by Gasteiger charge is -2.26. The lowest BCUT2D eigenvalue weighted by Crippen LogP contribution is -2.32. The van der Waals surface area contributed by atoms with Gasteiger partial charge >= 0.3 is 0 Å². The van der Waals surface area contributed by atoms with E-state index < -0.39 is 0 Å². The Morgan fingerprint density at radius 2 is 1.82 bits per heavy atom. The summed E-state index contributed by atoms with van der Waals surface area (Å²) in [5.74, 6) is 1.83. The van der Waals surface area contributed by atoms with Gasteiger partial charge < -0.3 is 19.5 Å². The molecule has 0 fully saturated rings. The summed E-state index contributed by atoms with van der Waals surface area (Å²) in [4.78, 5) is 13.6. The third-order valence-electron chi connectivity index (χ3n) is 5.91. The van der Waals surface area contributed by atoms with Crippen LogP contribution >= 0.6 is 0 Å². The van der Waals surface area contributed by atoms with Gasteiger partial charge in [0.15, 0.2) is 0 Å². The second-order valence-corrected chi connectivity index (χ2v) is 7.94. The molecule has 3 aromatic carbocycles. The highest BCUT2D eigenvalue weighted by molar-refractivity contribution is 6.01. The van der Waals surface area contributed by atoms with Gasteiger partial charge in [0.1, 0.15) is 22.9 Å². The fourth-order valence-corrected chi connectivity index (χ4v) is 4.18. The number of carbonyl (C=O) groups excluding carboxylic acids is 1. The van der Waals surface area contributed by atoms with Crippen LogP contribution in [0, 0.1) is 0 Å². The van der Waals surface area contributed by atoms with Gasteiger partial charge in [-0.15, -0.1) is 0 Å². The van der Waals surface area contributed by atoms with Gasteiger partial charge in [0.2, 0.25) is 0 Å². The van der Waals surface area contributed by atoms with E-state index >= 15 is 0 Å². The van der Waals surface area contributed by atoms with E-state index in [1.807, 2.05) is 72.8 Å². The van der Waals surface area contributed by atoms with Gasteiger partial charge in [0.25, 0.3) is 5.91 Å². The number of hydrogen-bond donors (Lipinski definition) is 1. The summed E-state index contributed by atoms with van der Waals surface area (Å²) in [5, 5.41) is 7.98. The molecule has 0 bridgehead atoms. The summed E-state index contributed by atoms with van der Waals surface area (Å²) in [6, 6.07) is 22.8. The van der Waals surface area contributed by atoms with Gasteiger partial charge in [-0.05, 0) is 36.4 Å². The van der Waals surface area contributed by atoms with E-state index in [1.54, 1.807) is 25.1 Å². The summed E-state index contributed by atoms with van der Waals surface area (Å²) in [7, 11) is 3.20. The first kappa shape index (κ1) is 21.6. The summed E-state index contributed by atoms with van der Waals surface area (Å²) >= 11 is 0. The molecule has 172 valence electrons. The minimum absolute atomic E-state index is 0.155.